The molecule has 0 spiro atoms. The first-order valence-corrected chi connectivity index (χ1v) is 6.70. The van der Waals surface area contributed by atoms with E-state index in [1.807, 2.05) is 30.3 Å². The molecule has 110 valence electrons. The summed E-state index contributed by atoms with van der Waals surface area (Å²) in [5.41, 5.74) is 2.23. The summed E-state index contributed by atoms with van der Waals surface area (Å²) in [6.07, 6.45) is 2.92. The van der Waals surface area contributed by atoms with Gasteiger partial charge in [0.15, 0.2) is 0 Å². The molecular formula is C18H15NO3. The minimum atomic E-state index is -0.446. The second-order valence-corrected chi connectivity index (χ2v) is 4.50. The quantitative estimate of drug-likeness (QED) is 0.626. The third kappa shape index (κ3) is 4.22. The van der Waals surface area contributed by atoms with Crippen molar-refractivity contribution in [2.75, 3.05) is 7.11 Å². The van der Waals surface area contributed by atoms with Crippen molar-refractivity contribution >= 4 is 12.0 Å². The molecule has 0 unspecified atom stereocenters. The number of hydrogen-bond donors (Lipinski definition) is 0. The average molecular weight is 293 g/mol. The number of benzene rings is 2. The molecule has 4 heteroatoms. The number of hydrogen-bond acceptors (Lipinski definition) is 4. The Morgan fingerprint density at radius 1 is 1.23 bits per heavy atom. The third-order valence-corrected chi connectivity index (χ3v) is 2.98. The minimum Gasteiger partial charge on any atom is -0.488 e. The standard InChI is InChI=1S/C18H15NO3/c1-21-18(20)10-9-16-8-7-15(12-19)11-17(16)22-13-14-5-3-2-4-6-14/h2-11H,13H2,1H3. The molecule has 0 amide bonds. The summed E-state index contributed by atoms with van der Waals surface area (Å²) in [5.74, 6) is 0.0985. The number of ether oxygens (including phenoxy) is 2. The molecule has 0 heterocycles. The fourth-order valence-electron chi connectivity index (χ4n) is 1.83. The monoisotopic (exact) mass is 293 g/mol. The Morgan fingerprint density at radius 2 is 2.00 bits per heavy atom. The molecule has 0 atom stereocenters. The Bertz CT molecular complexity index is 715. The first-order chi connectivity index (χ1) is 10.7. The van der Waals surface area contributed by atoms with Gasteiger partial charge in [0.05, 0.1) is 18.7 Å². The van der Waals surface area contributed by atoms with Crippen molar-refractivity contribution in [1.29, 1.82) is 5.26 Å². The highest BCUT2D eigenvalue weighted by atomic mass is 16.5. The van der Waals surface area contributed by atoms with Crippen LogP contribution >= 0.6 is 0 Å². The lowest BCUT2D eigenvalue weighted by Crippen LogP contribution is -1.98. The molecule has 0 bridgehead atoms. The lowest BCUT2D eigenvalue weighted by molar-refractivity contribution is -0.134. The lowest BCUT2D eigenvalue weighted by atomic mass is 10.1. The van der Waals surface area contributed by atoms with Crippen LogP contribution in [0.4, 0.5) is 0 Å². The summed E-state index contributed by atoms with van der Waals surface area (Å²) in [6.45, 7) is 0.384. The summed E-state index contributed by atoms with van der Waals surface area (Å²) in [6, 6.07) is 16.8. The molecule has 0 saturated carbocycles. The number of carbonyl (C=O) groups excluding carboxylic acids is 1. The van der Waals surface area contributed by atoms with Crippen LogP contribution in [0.2, 0.25) is 0 Å². The van der Waals surface area contributed by atoms with Crippen molar-refractivity contribution in [3.05, 3.63) is 71.3 Å². The van der Waals surface area contributed by atoms with Gasteiger partial charge < -0.3 is 9.47 Å². The van der Waals surface area contributed by atoms with Crippen molar-refractivity contribution in [1.82, 2.24) is 0 Å². The van der Waals surface area contributed by atoms with Crippen molar-refractivity contribution < 1.29 is 14.3 Å². The van der Waals surface area contributed by atoms with Gasteiger partial charge in [-0.1, -0.05) is 30.3 Å². The predicted octanol–water partition coefficient (Wildman–Crippen LogP) is 3.32. The molecular weight excluding hydrogens is 278 g/mol. The van der Waals surface area contributed by atoms with Crippen LogP contribution in [0.3, 0.4) is 0 Å². The van der Waals surface area contributed by atoms with Crippen LogP contribution < -0.4 is 4.74 Å². The van der Waals surface area contributed by atoms with Crippen LogP contribution in [-0.4, -0.2) is 13.1 Å². The molecule has 0 aromatic heterocycles. The van der Waals surface area contributed by atoms with Gasteiger partial charge >= 0.3 is 5.97 Å². The Balaban J connectivity index is 2.21. The summed E-state index contributed by atoms with van der Waals surface area (Å²) in [7, 11) is 1.32. The number of carbonyl (C=O) groups is 1. The summed E-state index contributed by atoms with van der Waals surface area (Å²) in [5, 5.41) is 9.00. The number of nitrogens with zero attached hydrogens (tertiary/aromatic N) is 1. The second-order valence-electron chi connectivity index (χ2n) is 4.50. The molecule has 2 aromatic rings. The molecule has 2 aromatic carbocycles. The number of rotatable bonds is 5. The maximum absolute atomic E-state index is 11.2. The zero-order valence-electron chi connectivity index (χ0n) is 12.2. The van der Waals surface area contributed by atoms with Crippen molar-refractivity contribution in [3.63, 3.8) is 0 Å². The highest BCUT2D eigenvalue weighted by molar-refractivity contribution is 5.87. The van der Waals surface area contributed by atoms with E-state index in [4.69, 9.17) is 10.00 Å². The van der Waals surface area contributed by atoms with Crippen LogP contribution in [0.5, 0.6) is 5.75 Å². The SMILES string of the molecule is COC(=O)C=Cc1ccc(C#N)cc1OCc1ccccc1. The molecule has 0 aliphatic heterocycles. The second kappa shape index (κ2) is 7.65. The van der Waals surface area contributed by atoms with Crippen molar-refractivity contribution in [3.8, 4) is 11.8 Å². The smallest absolute Gasteiger partial charge is 0.330 e. The van der Waals surface area contributed by atoms with Crippen LogP contribution in [0.25, 0.3) is 6.08 Å². The largest absolute Gasteiger partial charge is 0.488 e. The summed E-state index contributed by atoms with van der Waals surface area (Å²) in [4.78, 5) is 11.2. The molecule has 2 rings (SSSR count). The van der Waals surface area contributed by atoms with Gasteiger partial charge in [-0.3, -0.25) is 0 Å². The zero-order chi connectivity index (χ0) is 15.8. The van der Waals surface area contributed by atoms with E-state index in [1.54, 1.807) is 24.3 Å². The third-order valence-electron chi connectivity index (χ3n) is 2.98. The average Bonchev–Trinajstić information content (AvgIpc) is 2.58. The Labute approximate surface area is 129 Å². The molecule has 0 fully saturated rings. The van der Waals surface area contributed by atoms with Gasteiger partial charge in [-0.15, -0.1) is 0 Å². The van der Waals surface area contributed by atoms with Gasteiger partial charge in [-0.2, -0.15) is 5.26 Å². The van der Waals surface area contributed by atoms with E-state index >= 15 is 0 Å². The fraction of sp³-hybridized carbons (Fsp3) is 0.111. The van der Waals surface area contributed by atoms with Crippen molar-refractivity contribution in [2.45, 2.75) is 6.61 Å². The molecule has 0 N–H and O–H groups in total. The van der Waals surface area contributed by atoms with Gasteiger partial charge in [-0.05, 0) is 29.8 Å². The van der Waals surface area contributed by atoms with E-state index < -0.39 is 5.97 Å². The predicted molar refractivity (Wildman–Crippen MR) is 83.0 cm³/mol. The van der Waals surface area contributed by atoms with Crippen LogP contribution in [0.1, 0.15) is 16.7 Å². The van der Waals surface area contributed by atoms with Gasteiger partial charge in [0.2, 0.25) is 0 Å². The van der Waals surface area contributed by atoms with Gasteiger partial charge in [-0.25, -0.2) is 4.79 Å². The van der Waals surface area contributed by atoms with E-state index in [2.05, 4.69) is 10.8 Å². The van der Waals surface area contributed by atoms with E-state index in [1.165, 1.54) is 13.2 Å². The first kappa shape index (κ1) is 15.3. The maximum Gasteiger partial charge on any atom is 0.330 e. The van der Waals surface area contributed by atoms with Crippen LogP contribution in [0, 0.1) is 11.3 Å². The molecule has 0 aliphatic rings. The normalized spacial score (nSPS) is 10.2. The zero-order valence-corrected chi connectivity index (χ0v) is 12.2. The van der Waals surface area contributed by atoms with Gasteiger partial charge in [0, 0.05) is 11.6 Å². The molecule has 22 heavy (non-hydrogen) atoms. The van der Waals surface area contributed by atoms with Crippen molar-refractivity contribution in [2.24, 2.45) is 0 Å². The minimum absolute atomic E-state index is 0.384. The highest BCUT2D eigenvalue weighted by Gasteiger charge is 2.05. The Hall–Kier alpha value is -3.06. The van der Waals surface area contributed by atoms with E-state index in [9.17, 15) is 4.79 Å². The van der Waals surface area contributed by atoms with E-state index in [-0.39, 0.29) is 0 Å². The summed E-state index contributed by atoms with van der Waals surface area (Å²) >= 11 is 0. The first-order valence-electron chi connectivity index (χ1n) is 6.70. The molecule has 0 aliphatic carbocycles. The lowest BCUT2D eigenvalue weighted by Gasteiger charge is -2.10. The van der Waals surface area contributed by atoms with E-state index in [0.717, 1.165) is 5.56 Å². The van der Waals surface area contributed by atoms with Gasteiger partial charge in [0.25, 0.3) is 0 Å². The Morgan fingerprint density at radius 3 is 2.68 bits per heavy atom. The highest BCUT2D eigenvalue weighted by Crippen LogP contribution is 2.23. The van der Waals surface area contributed by atoms with Crippen LogP contribution in [-0.2, 0) is 16.1 Å². The number of nitriles is 1. The van der Waals surface area contributed by atoms with Crippen LogP contribution in [0.15, 0.2) is 54.6 Å². The summed E-state index contributed by atoms with van der Waals surface area (Å²) < 4.78 is 10.3. The Kier molecular flexibility index (Phi) is 5.33. The fourth-order valence-corrected chi connectivity index (χ4v) is 1.83. The molecule has 4 nitrogen and oxygen atoms in total. The number of methoxy groups -OCH3 is 1. The van der Waals surface area contributed by atoms with E-state index in [0.29, 0.717) is 23.5 Å². The number of esters is 1. The topological polar surface area (TPSA) is 59.3 Å². The van der Waals surface area contributed by atoms with Gasteiger partial charge in [0.1, 0.15) is 12.4 Å². The molecule has 0 saturated heterocycles. The molecule has 0 radical (unpaired) electrons. The maximum atomic E-state index is 11.2.